The number of carbonyl (C=O) groups excluding carboxylic acids is 2. The van der Waals surface area contributed by atoms with Gasteiger partial charge in [-0.1, -0.05) is 18.2 Å². The molecule has 2 amide bonds. The maximum absolute atomic E-state index is 13.2. The molecule has 26 heavy (non-hydrogen) atoms. The summed E-state index contributed by atoms with van der Waals surface area (Å²) in [4.78, 5) is 25.3. The molecule has 7 heteroatoms. The Balaban J connectivity index is 1.92. The van der Waals surface area contributed by atoms with Gasteiger partial charge in [0, 0.05) is 5.69 Å². The normalized spacial score (nSPS) is 12.8. The summed E-state index contributed by atoms with van der Waals surface area (Å²) in [6, 6.07) is 12.3. The number of para-hydroxylation sites is 2. The predicted molar refractivity (Wildman–Crippen MR) is 97.9 cm³/mol. The first-order valence-corrected chi connectivity index (χ1v) is 8.22. The van der Waals surface area contributed by atoms with Crippen LogP contribution >= 0.6 is 0 Å². The van der Waals surface area contributed by atoms with E-state index in [0.29, 0.717) is 22.0 Å². The summed E-state index contributed by atoms with van der Waals surface area (Å²) in [6.45, 7) is 1.80. The molecule has 0 aliphatic rings. The Kier molecular flexibility index (Phi) is 6.68. The second kappa shape index (κ2) is 8.96. The number of ether oxygens (including phenoxy) is 1. The molecule has 3 N–H and O–H groups in total. The smallest absolute Gasteiger partial charge is 0.282 e. The third-order valence-corrected chi connectivity index (χ3v) is 4.05. The molecule has 0 saturated carbocycles. The number of hydrogen-bond donors (Lipinski definition) is 3. The van der Waals surface area contributed by atoms with Crippen LogP contribution in [0.4, 0.5) is 15.8 Å². The van der Waals surface area contributed by atoms with Gasteiger partial charge in [-0.25, -0.2) is 4.39 Å². The molecule has 0 aliphatic carbocycles. The van der Waals surface area contributed by atoms with E-state index in [1.807, 2.05) is 6.07 Å². The van der Waals surface area contributed by atoms with E-state index < -0.39 is 11.9 Å². The quantitative estimate of drug-likeness (QED) is 0.697. The lowest BCUT2D eigenvalue weighted by atomic mass is 10.2. The topological polar surface area (TPSA) is 71.9 Å². The van der Waals surface area contributed by atoms with E-state index in [0.717, 1.165) is 0 Å². The van der Waals surface area contributed by atoms with Crippen molar-refractivity contribution in [3.8, 4) is 5.75 Å². The van der Waals surface area contributed by atoms with Gasteiger partial charge in [0.05, 0.1) is 19.8 Å². The third kappa shape index (κ3) is 5.29. The van der Waals surface area contributed by atoms with E-state index >= 15 is 0 Å². The van der Waals surface area contributed by atoms with Crippen LogP contribution in [0.2, 0.25) is 0 Å². The largest absolute Gasteiger partial charge is 0.495 e. The third-order valence-electron chi connectivity index (χ3n) is 4.05. The van der Waals surface area contributed by atoms with Crippen molar-refractivity contribution in [2.45, 2.75) is 13.0 Å². The standard InChI is InChI=1S/C19H22FN3O3/c1-13(19(25)22-16-9-4-5-10-17(16)26-3)23(2)12-18(24)21-15-8-6-7-14(20)11-15/h4-11,13H,12H2,1-3H3,(H,21,24)(H,22,25)/p+1/t13-/m0/s1. The molecule has 0 spiro atoms. The van der Waals surface area contributed by atoms with Gasteiger partial charge in [-0.2, -0.15) is 0 Å². The minimum Gasteiger partial charge on any atom is -0.495 e. The van der Waals surface area contributed by atoms with Crippen LogP contribution < -0.4 is 20.3 Å². The van der Waals surface area contributed by atoms with Crippen LogP contribution in [-0.4, -0.2) is 38.6 Å². The number of likely N-dealkylation sites (N-methyl/N-ethyl adjacent to an activating group) is 1. The number of halogens is 1. The monoisotopic (exact) mass is 360 g/mol. The number of nitrogens with one attached hydrogen (secondary N) is 3. The van der Waals surface area contributed by atoms with Crippen molar-refractivity contribution in [1.29, 1.82) is 0 Å². The van der Waals surface area contributed by atoms with E-state index in [-0.39, 0.29) is 18.4 Å². The molecule has 0 radical (unpaired) electrons. The number of methoxy groups -OCH3 is 1. The number of carbonyl (C=O) groups is 2. The predicted octanol–water partition coefficient (Wildman–Crippen LogP) is 1.31. The van der Waals surface area contributed by atoms with Crippen molar-refractivity contribution in [1.82, 2.24) is 0 Å². The van der Waals surface area contributed by atoms with Crippen molar-refractivity contribution in [2.75, 3.05) is 31.3 Å². The highest BCUT2D eigenvalue weighted by atomic mass is 19.1. The lowest BCUT2D eigenvalue weighted by molar-refractivity contribution is -0.885. The fourth-order valence-corrected chi connectivity index (χ4v) is 2.39. The highest BCUT2D eigenvalue weighted by Crippen LogP contribution is 2.22. The molecule has 2 rings (SSSR count). The Morgan fingerprint density at radius 3 is 2.58 bits per heavy atom. The first-order valence-electron chi connectivity index (χ1n) is 8.22. The average Bonchev–Trinajstić information content (AvgIpc) is 2.61. The summed E-state index contributed by atoms with van der Waals surface area (Å²) >= 11 is 0. The second-order valence-electron chi connectivity index (χ2n) is 5.99. The van der Waals surface area contributed by atoms with Crippen LogP contribution in [0.25, 0.3) is 0 Å². The lowest BCUT2D eigenvalue weighted by Gasteiger charge is -2.21. The zero-order valence-corrected chi connectivity index (χ0v) is 15.0. The minimum absolute atomic E-state index is 0.0665. The average molecular weight is 360 g/mol. The van der Waals surface area contributed by atoms with Crippen LogP contribution in [0.5, 0.6) is 5.75 Å². The fourth-order valence-electron chi connectivity index (χ4n) is 2.39. The Bertz CT molecular complexity index is 782. The van der Waals surface area contributed by atoms with Crippen molar-refractivity contribution in [2.24, 2.45) is 0 Å². The molecule has 2 aromatic carbocycles. The molecule has 0 fully saturated rings. The number of quaternary nitrogens is 1. The molecule has 0 bridgehead atoms. The van der Waals surface area contributed by atoms with E-state index in [4.69, 9.17) is 4.74 Å². The minimum atomic E-state index is -0.474. The number of rotatable bonds is 7. The molecular formula is C19H23FN3O3+. The van der Waals surface area contributed by atoms with Crippen LogP contribution in [0.15, 0.2) is 48.5 Å². The molecule has 2 aromatic rings. The van der Waals surface area contributed by atoms with Crippen molar-refractivity contribution in [3.05, 3.63) is 54.3 Å². The zero-order chi connectivity index (χ0) is 19.1. The SMILES string of the molecule is COc1ccccc1NC(=O)[C@H](C)[NH+](C)CC(=O)Nc1cccc(F)c1. The number of hydrogen-bond acceptors (Lipinski definition) is 3. The molecular weight excluding hydrogens is 337 g/mol. The van der Waals surface area contributed by atoms with Gasteiger partial charge in [0.2, 0.25) is 0 Å². The maximum Gasteiger partial charge on any atom is 0.282 e. The Labute approximate surface area is 152 Å². The molecule has 138 valence electrons. The molecule has 0 aliphatic heterocycles. The van der Waals surface area contributed by atoms with Crippen molar-refractivity contribution >= 4 is 23.2 Å². The molecule has 0 aromatic heterocycles. The van der Waals surface area contributed by atoms with Gasteiger partial charge in [0.25, 0.3) is 11.8 Å². The van der Waals surface area contributed by atoms with Crippen LogP contribution in [0, 0.1) is 5.82 Å². The van der Waals surface area contributed by atoms with Gasteiger partial charge in [-0.3, -0.25) is 9.59 Å². The zero-order valence-electron chi connectivity index (χ0n) is 15.0. The number of amides is 2. The van der Waals surface area contributed by atoms with Gasteiger partial charge in [-0.15, -0.1) is 0 Å². The summed E-state index contributed by atoms with van der Waals surface area (Å²) in [5.74, 6) is -0.391. The molecule has 0 saturated heterocycles. The molecule has 2 atom stereocenters. The van der Waals surface area contributed by atoms with Gasteiger partial charge in [0.1, 0.15) is 11.6 Å². The fraction of sp³-hybridized carbons (Fsp3) is 0.263. The van der Waals surface area contributed by atoms with Crippen molar-refractivity contribution < 1.29 is 23.6 Å². The van der Waals surface area contributed by atoms with E-state index in [1.54, 1.807) is 38.2 Å². The van der Waals surface area contributed by atoms with Crippen LogP contribution in [-0.2, 0) is 9.59 Å². The molecule has 0 heterocycles. The van der Waals surface area contributed by atoms with Gasteiger partial charge < -0.3 is 20.3 Å². The van der Waals surface area contributed by atoms with Crippen LogP contribution in [0.1, 0.15) is 6.92 Å². The lowest BCUT2D eigenvalue weighted by Crippen LogP contribution is -3.14. The molecule has 6 nitrogen and oxygen atoms in total. The van der Waals surface area contributed by atoms with E-state index in [9.17, 15) is 14.0 Å². The van der Waals surface area contributed by atoms with Gasteiger partial charge in [-0.05, 0) is 37.3 Å². The van der Waals surface area contributed by atoms with Crippen molar-refractivity contribution in [3.63, 3.8) is 0 Å². The first-order chi connectivity index (χ1) is 12.4. The summed E-state index contributed by atoms with van der Waals surface area (Å²) in [5, 5.41) is 5.43. The first kappa shape index (κ1) is 19.4. The highest BCUT2D eigenvalue weighted by molar-refractivity contribution is 5.95. The summed E-state index contributed by atoms with van der Waals surface area (Å²) in [5.41, 5.74) is 0.956. The van der Waals surface area contributed by atoms with E-state index in [1.165, 1.54) is 25.3 Å². The molecule has 1 unspecified atom stereocenters. The number of benzene rings is 2. The number of anilines is 2. The Hall–Kier alpha value is -2.93. The maximum atomic E-state index is 13.2. The van der Waals surface area contributed by atoms with E-state index in [2.05, 4.69) is 10.6 Å². The second-order valence-corrected chi connectivity index (χ2v) is 5.99. The van der Waals surface area contributed by atoms with Crippen LogP contribution in [0.3, 0.4) is 0 Å². The Morgan fingerprint density at radius 1 is 1.15 bits per heavy atom. The van der Waals surface area contributed by atoms with Gasteiger partial charge >= 0.3 is 0 Å². The summed E-state index contributed by atoms with van der Waals surface area (Å²) < 4.78 is 18.4. The highest BCUT2D eigenvalue weighted by Gasteiger charge is 2.24. The summed E-state index contributed by atoms with van der Waals surface area (Å²) in [7, 11) is 3.28. The Morgan fingerprint density at radius 2 is 1.88 bits per heavy atom. The van der Waals surface area contributed by atoms with Gasteiger partial charge in [0.15, 0.2) is 12.6 Å². The summed E-state index contributed by atoms with van der Waals surface area (Å²) in [6.07, 6.45) is 0.